The minimum absolute atomic E-state index is 0.123. The van der Waals surface area contributed by atoms with Gasteiger partial charge in [0, 0.05) is 25.8 Å². The number of likely N-dealkylation sites (tertiary alicyclic amines) is 1. The molecule has 2 aromatic heterocycles. The van der Waals surface area contributed by atoms with Crippen molar-refractivity contribution in [1.82, 2.24) is 24.6 Å². The van der Waals surface area contributed by atoms with Crippen LogP contribution in [0.15, 0.2) is 72.0 Å². The number of amides is 1. The highest BCUT2D eigenvalue weighted by Gasteiger charge is 2.26. The lowest BCUT2D eigenvalue weighted by molar-refractivity contribution is -0.132. The molecule has 9 nitrogen and oxygen atoms in total. The van der Waals surface area contributed by atoms with Gasteiger partial charge in [-0.3, -0.25) is 4.79 Å². The molecule has 1 saturated heterocycles. The maximum atomic E-state index is 12.7. The Kier molecular flexibility index (Phi) is 6.69. The molecule has 2 aromatic carbocycles. The lowest BCUT2D eigenvalue weighted by Crippen LogP contribution is -2.39. The zero-order valence-corrected chi connectivity index (χ0v) is 20.8. The molecule has 0 bridgehead atoms. The van der Waals surface area contributed by atoms with Crippen molar-refractivity contribution >= 4 is 26.8 Å². The summed E-state index contributed by atoms with van der Waals surface area (Å²) >= 11 is 0. The highest BCUT2D eigenvalue weighted by atomic mass is 32.2. The van der Waals surface area contributed by atoms with E-state index in [4.69, 9.17) is 4.74 Å². The van der Waals surface area contributed by atoms with Gasteiger partial charge in [-0.05, 0) is 49.1 Å². The molecule has 1 amide bonds. The fourth-order valence-corrected chi connectivity index (χ4v) is 5.10. The molecular weight excluding hydrogens is 478 g/mol. The molecule has 0 unspecified atom stereocenters. The molecule has 36 heavy (non-hydrogen) atoms. The van der Waals surface area contributed by atoms with Crippen LogP contribution in [-0.2, 0) is 21.1 Å². The van der Waals surface area contributed by atoms with Crippen LogP contribution in [0.3, 0.4) is 0 Å². The summed E-state index contributed by atoms with van der Waals surface area (Å²) in [5.41, 5.74) is 1.84. The lowest BCUT2D eigenvalue weighted by Gasteiger charge is -2.32. The average Bonchev–Trinajstić information content (AvgIpc) is 3.33. The third kappa shape index (κ3) is 5.23. The average molecular weight is 506 g/mol. The molecule has 0 spiro atoms. The Labute approximate surface area is 209 Å². The number of hydrogen-bond acceptors (Lipinski definition) is 7. The van der Waals surface area contributed by atoms with E-state index in [1.165, 1.54) is 24.0 Å². The van der Waals surface area contributed by atoms with Gasteiger partial charge in [-0.1, -0.05) is 30.3 Å². The number of carbonyl (C=O) groups is 1. The molecule has 1 fully saturated rings. The number of aryl methyl sites for hydroxylation is 1. The quantitative estimate of drug-likeness (QED) is 0.376. The standard InChI is InChI=1S/C26H27N5O4S/c1-36(33,34)22-10-8-21(9-11-22)35-26-23-17-29-31(25(23)27-18-28-26)20-13-15-30(16-14-20)24(32)12-7-19-5-3-2-4-6-19/h2-6,8-11,17-18,20H,7,12-16H2,1H3. The van der Waals surface area contributed by atoms with Crippen LogP contribution in [0.2, 0.25) is 0 Å². The summed E-state index contributed by atoms with van der Waals surface area (Å²) in [6.07, 6.45) is 7.13. The van der Waals surface area contributed by atoms with Crippen LogP contribution >= 0.6 is 0 Å². The summed E-state index contributed by atoms with van der Waals surface area (Å²) in [6, 6.07) is 16.4. The van der Waals surface area contributed by atoms with Gasteiger partial charge in [0.15, 0.2) is 15.5 Å². The smallest absolute Gasteiger partial charge is 0.233 e. The van der Waals surface area contributed by atoms with Crippen molar-refractivity contribution in [2.75, 3.05) is 19.3 Å². The summed E-state index contributed by atoms with van der Waals surface area (Å²) in [4.78, 5) is 23.6. The lowest BCUT2D eigenvalue weighted by atomic mass is 10.0. The fraction of sp³-hybridized carbons (Fsp3) is 0.308. The first-order valence-electron chi connectivity index (χ1n) is 11.9. The summed E-state index contributed by atoms with van der Waals surface area (Å²) in [6.45, 7) is 1.36. The minimum Gasteiger partial charge on any atom is -0.438 e. The van der Waals surface area contributed by atoms with Crippen LogP contribution < -0.4 is 4.74 Å². The van der Waals surface area contributed by atoms with Gasteiger partial charge in [0.1, 0.15) is 17.5 Å². The summed E-state index contributed by atoms with van der Waals surface area (Å²) in [7, 11) is -3.28. The van der Waals surface area contributed by atoms with Crippen LogP contribution in [0.25, 0.3) is 11.0 Å². The first-order valence-corrected chi connectivity index (χ1v) is 13.8. The van der Waals surface area contributed by atoms with Crippen molar-refractivity contribution in [3.63, 3.8) is 0 Å². The maximum absolute atomic E-state index is 12.7. The van der Waals surface area contributed by atoms with Crippen molar-refractivity contribution in [2.45, 2.75) is 36.6 Å². The molecule has 10 heteroatoms. The van der Waals surface area contributed by atoms with Gasteiger partial charge in [-0.15, -0.1) is 0 Å². The molecule has 0 radical (unpaired) electrons. The van der Waals surface area contributed by atoms with Gasteiger partial charge in [0.05, 0.1) is 17.1 Å². The predicted molar refractivity (Wildman–Crippen MR) is 135 cm³/mol. The molecule has 5 rings (SSSR count). The van der Waals surface area contributed by atoms with Crippen LogP contribution in [-0.4, -0.2) is 58.3 Å². The number of carbonyl (C=O) groups excluding carboxylic acids is 1. The van der Waals surface area contributed by atoms with Gasteiger partial charge in [0.25, 0.3) is 0 Å². The van der Waals surface area contributed by atoms with E-state index in [9.17, 15) is 13.2 Å². The molecule has 3 heterocycles. The van der Waals surface area contributed by atoms with Crippen LogP contribution in [0.5, 0.6) is 11.6 Å². The van der Waals surface area contributed by atoms with E-state index in [2.05, 4.69) is 15.1 Å². The molecule has 0 aliphatic carbocycles. The van der Waals surface area contributed by atoms with Crippen molar-refractivity contribution in [2.24, 2.45) is 0 Å². The number of nitrogens with zero attached hydrogens (tertiary/aromatic N) is 5. The summed E-state index contributed by atoms with van der Waals surface area (Å²) < 4.78 is 31.2. The Balaban J connectivity index is 1.24. The van der Waals surface area contributed by atoms with E-state index in [1.54, 1.807) is 18.3 Å². The van der Waals surface area contributed by atoms with Gasteiger partial charge in [0.2, 0.25) is 11.8 Å². The topological polar surface area (TPSA) is 107 Å². The minimum atomic E-state index is -3.28. The number of aromatic nitrogens is 4. The second kappa shape index (κ2) is 10.1. The number of piperidine rings is 1. The molecular formula is C26H27N5O4S. The van der Waals surface area contributed by atoms with Crippen molar-refractivity contribution in [3.8, 4) is 11.6 Å². The van der Waals surface area contributed by atoms with Crippen LogP contribution in [0, 0.1) is 0 Å². The van der Waals surface area contributed by atoms with E-state index < -0.39 is 9.84 Å². The fourth-order valence-electron chi connectivity index (χ4n) is 4.47. The largest absolute Gasteiger partial charge is 0.438 e. The summed E-state index contributed by atoms with van der Waals surface area (Å²) in [5, 5.41) is 5.24. The highest BCUT2D eigenvalue weighted by molar-refractivity contribution is 7.90. The molecule has 186 valence electrons. The van der Waals surface area contributed by atoms with E-state index in [1.807, 2.05) is 39.9 Å². The van der Waals surface area contributed by atoms with Gasteiger partial charge >= 0.3 is 0 Å². The monoisotopic (exact) mass is 505 g/mol. The number of hydrogen-bond donors (Lipinski definition) is 0. The van der Waals surface area contributed by atoms with Crippen LogP contribution in [0.1, 0.15) is 30.9 Å². The number of sulfone groups is 1. The predicted octanol–water partition coefficient (Wildman–Crippen LogP) is 3.82. The molecule has 1 aliphatic rings. The number of ether oxygens (including phenoxy) is 1. The van der Waals surface area contributed by atoms with Gasteiger partial charge < -0.3 is 9.64 Å². The third-order valence-corrected chi connectivity index (χ3v) is 7.58. The van der Waals surface area contributed by atoms with Crippen molar-refractivity contribution < 1.29 is 17.9 Å². The van der Waals surface area contributed by atoms with Crippen molar-refractivity contribution in [3.05, 3.63) is 72.7 Å². The second-order valence-corrected chi connectivity index (χ2v) is 11.0. The second-order valence-electron chi connectivity index (χ2n) is 8.95. The van der Waals surface area contributed by atoms with E-state index in [0.717, 1.165) is 25.5 Å². The van der Waals surface area contributed by atoms with Gasteiger partial charge in [-0.25, -0.2) is 23.1 Å². The Bertz CT molecular complexity index is 1460. The maximum Gasteiger partial charge on any atom is 0.233 e. The summed E-state index contributed by atoms with van der Waals surface area (Å²) in [5.74, 6) is 1.01. The first-order chi connectivity index (χ1) is 17.4. The van der Waals surface area contributed by atoms with E-state index >= 15 is 0 Å². The number of rotatable bonds is 7. The zero-order valence-electron chi connectivity index (χ0n) is 19.9. The first kappa shape index (κ1) is 23.9. The van der Waals surface area contributed by atoms with Crippen molar-refractivity contribution in [1.29, 1.82) is 0 Å². The Morgan fingerprint density at radius 2 is 1.75 bits per heavy atom. The van der Waals surface area contributed by atoms with E-state index in [0.29, 0.717) is 42.2 Å². The third-order valence-electron chi connectivity index (χ3n) is 6.45. The Morgan fingerprint density at radius 3 is 2.44 bits per heavy atom. The molecule has 1 aliphatic heterocycles. The molecule has 0 atom stereocenters. The Hall–Kier alpha value is -3.79. The molecule has 0 saturated carbocycles. The zero-order chi connectivity index (χ0) is 25.1. The van der Waals surface area contributed by atoms with E-state index in [-0.39, 0.29) is 16.8 Å². The molecule has 0 N–H and O–H groups in total. The SMILES string of the molecule is CS(=O)(=O)c1ccc(Oc2ncnc3c2cnn3C2CCN(C(=O)CCc3ccccc3)CC2)cc1. The molecule has 4 aromatic rings. The number of fused-ring (bicyclic) bond motifs is 1. The van der Waals surface area contributed by atoms with Crippen LogP contribution in [0.4, 0.5) is 0 Å². The van der Waals surface area contributed by atoms with Gasteiger partial charge in [-0.2, -0.15) is 5.10 Å². The Morgan fingerprint density at radius 1 is 1.03 bits per heavy atom. The highest BCUT2D eigenvalue weighted by Crippen LogP contribution is 2.31. The number of benzene rings is 2. The normalized spacial score (nSPS) is 14.8.